The van der Waals surface area contributed by atoms with Crippen LogP contribution in [0.1, 0.15) is 49.0 Å². The van der Waals surface area contributed by atoms with Crippen LogP contribution in [0.2, 0.25) is 0 Å². The molecule has 0 spiro atoms. The molecular weight excluding hydrogens is 332 g/mol. The molecule has 1 aliphatic carbocycles. The predicted molar refractivity (Wildman–Crippen MR) is 96.8 cm³/mol. The smallest absolute Gasteiger partial charge is 0.272 e. The van der Waals surface area contributed by atoms with Crippen LogP contribution in [0.5, 0.6) is 11.5 Å². The standard InChI is InChI=1S/C19H22N4O3/c24-19(21-13-5-3-1-2-4-6-13)15-8-10-18(23-22-15)20-14-7-9-16-17(11-14)26-12-25-16/h7-11,13H,1-6,12H2,(H,20,23)(H,21,24). The van der Waals surface area contributed by atoms with E-state index in [1.54, 1.807) is 12.1 Å². The molecule has 0 unspecified atom stereocenters. The van der Waals surface area contributed by atoms with Crippen molar-refractivity contribution in [3.63, 3.8) is 0 Å². The number of benzene rings is 1. The lowest BCUT2D eigenvalue weighted by atomic mass is 10.1. The van der Waals surface area contributed by atoms with Crippen molar-refractivity contribution in [2.45, 2.75) is 44.6 Å². The number of amides is 1. The maximum Gasteiger partial charge on any atom is 0.272 e. The second-order valence-corrected chi connectivity index (χ2v) is 6.66. The van der Waals surface area contributed by atoms with E-state index in [0.29, 0.717) is 17.3 Å². The summed E-state index contributed by atoms with van der Waals surface area (Å²) in [5.74, 6) is 1.84. The Bertz CT molecular complexity index is 771. The number of hydrogen-bond donors (Lipinski definition) is 2. The highest BCUT2D eigenvalue weighted by Gasteiger charge is 2.17. The third kappa shape index (κ3) is 3.87. The minimum atomic E-state index is -0.154. The van der Waals surface area contributed by atoms with Crippen LogP contribution in [0.3, 0.4) is 0 Å². The summed E-state index contributed by atoms with van der Waals surface area (Å²) in [6, 6.07) is 9.25. The Kier molecular flexibility index (Phi) is 4.86. The molecule has 0 bridgehead atoms. The zero-order valence-corrected chi connectivity index (χ0v) is 14.5. The van der Waals surface area contributed by atoms with Gasteiger partial charge in [-0.2, -0.15) is 0 Å². The molecule has 1 fully saturated rings. The molecule has 0 atom stereocenters. The molecule has 1 aromatic carbocycles. The van der Waals surface area contributed by atoms with Gasteiger partial charge in [0.05, 0.1) is 0 Å². The van der Waals surface area contributed by atoms with Gasteiger partial charge in [-0.3, -0.25) is 4.79 Å². The van der Waals surface area contributed by atoms with Gasteiger partial charge < -0.3 is 20.1 Å². The molecular formula is C19H22N4O3. The molecule has 4 rings (SSSR count). The summed E-state index contributed by atoms with van der Waals surface area (Å²) >= 11 is 0. The van der Waals surface area contributed by atoms with E-state index in [0.717, 1.165) is 24.3 Å². The van der Waals surface area contributed by atoms with Crippen molar-refractivity contribution in [2.75, 3.05) is 12.1 Å². The number of anilines is 2. The van der Waals surface area contributed by atoms with E-state index in [1.165, 1.54) is 25.7 Å². The third-order valence-corrected chi connectivity index (χ3v) is 4.73. The minimum absolute atomic E-state index is 0.154. The topological polar surface area (TPSA) is 85.4 Å². The maximum atomic E-state index is 12.4. The van der Waals surface area contributed by atoms with Gasteiger partial charge in [-0.25, -0.2) is 0 Å². The largest absolute Gasteiger partial charge is 0.454 e. The van der Waals surface area contributed by atoms with Crippen molar-refractivity contribution in [1.29, 1.82) is 0 Å². The van der Waals surface area contributed by atoms with Crippen LogP contribution >= 0.6 is 0 Å². The minimum Gasteiger partial charge on any atom is -0.454 e. The first kappa shape index (κ1) is 16.6. The molecule has 0 saturated heterocycles. The van der Waals surface area contributed by atoms with E-state index in [2.05, 4.69) is 20.8 Å². The Morgan fingerprint density at radius 3 is 2.54 bits per heavy atom. The number of rotatable bonds is 4. The van der Waals surface area contributed by atoms with Gasteiger partial charge in [0.2, 0.25) is 6.79 Å². The first-order chi connectivity index (χ1) is 12.8. The Balaban J connectivity index is 1.37. The first-order valence-corrected chi connectivity index (χ1v) is 9.09. The number of ether oxygens (including phenoxy) is 2. The monoisotopic (exact) mass is 354 g/mol. The summed E-state index contributed by atoms with van der Waals surface area (Å²) in [5, 5.41) is 14.4. The van der Waals surface area contributed by atoms with Gasteiger partial charge in [-0.05, 0) is 37.1 Å². The first-order valence-electron chi connectivity index (χ1n) is 9.09. The molecule has 1 saturated carbocycles. The number of aromatic nitrogens is 2. The summed E-state index contributed by atoms with van der Waals surface area (Å²) in [4.78, 5) is 12.4. The highest BCUT2D eigenvalue weighted by Crippen LogP contribution is 2.34. The van der Waals surface area contributed by atoms with E-state index >= 15 is 0 Å². The molecule has 2 heterocycles. The van der Waals surface area contributed by atoms with Crippen molar-refractivity contribution in [3.8, 4) is 11.5 Å². The lowest BCUT2D eigenvalue weighted by Gasteiger charge is -2.15. The molecule has 2 aromatic rings. The molecule has 0 radical (unpaired) electrons. The summed E-state index contributed by atoms with van der Waals surface area (Å²) in [6.45, 7) is 0.239. The Hall–Kier alpha value is -2.83. The van der Waals surface area contributed by atoms with Crippen LogP contribution in [-0.2, 0) is 0 Å². The van der Waals surface area contributed by atoms with Crippen LogP contribution in [0.25, 0.3) is 0 Å². The lowest BCUT2D eigenvalue weighted by molar-refractivity contribution is 0.0927. The lowest BCUT2D eigenvalue weighted by Crippen LogP contribution is -2.35. The average Bonchev–Trinajstić information content (AvgIpc) is 2.97. The Morgan fingerprint density at radius 2 is 1.77 bits per heavy atom. The van der Waals surface area contributed by atoms with Crippen LogP contribution in [-0.4, -0.2) is 28.9 Å². The third-order valence-electron chi connectivity index (χ3n) is 4.73. The van der Waals surface area contributed by atoms with E-state index in [1.807, 2.05) is 18.2 Å². The fourth-order valence-corrected chi connectivity index (χ4v) is 3.33. The van der Waals surface area contributed by atoms with Crippen molar-refractivity contribution in [2.24, 2.45) is 0 Å². The van der Waals surface area contributed by atoms with Gasteiger partial charge in [0.25, 0.3) is 5.91 Å². The van der Waals surface area contributed by atoms with Crippen molar-refractivity contribution < 1.29 is 14.3 Å². The quantitative estimate of drug-likeness (QED) is 0.819. The number of nitrogens with zero attached hydrogens (tertiary/aromatic N) is 2. The average molecular weight is 354 g/mol. The summed E-state index contributed by atoms with van der Waals surface area (Å²) in [5.41, 5.74) is 1.16. The van der Waals surface area contributed by atoms with Crippen molar-refractivity contribution in [3.05, 3.63) is 36.0 Å². The molecule has 1 amide bonds. The summed E-state index contributed by atoms with van der Waals surface area (Å²) in [6.07, 6.45) is 6.95. The molecule has 1 aromatic heterocycles. The SMILES string of the molecule is O=C(NC1CCCCCC1)c1ccc(Nc2ccc3c(c2)OCO3)nn1. The molecule has 2 aliphatic rings. The van der Waals surface area contributed by atoms with Crippen LogP contribution in [0.15, 0.2) is 30.3 Å². The maximum absolute atomic E-state index is 12.4. The normalized spacial score (nSPS) is 16.8. The summed E-state index contributed by atoms with van der Waals surface area (Å²) < 4.78 is 10.7. The second kappa shape index (κ2) is 7.59. The number of hydrogen-bond acceptors (Lipinski definition) is 6. The number of carbonyl (C=O) groups is 1. The predicted octanol–water partition coefficient (Wildman–Crippen LogP) is 3.40. The zero-order valence-electron chi connectivity index (χ0n) is 14.5. The number of nitrogens with one attached hydrogen (secondary N) is 2. The summed E-state index contributed by atoms with van der Waals surface area (Å²) in [7, 11) is 0. The number of fused-ring (bicyclic) bond motifs is 1. The Morgan fingerprint density at radius 1 is 0.962 bits per heavy atom. The fourth-order valence-electron chi connectivity index (χ4n) is 3.33. The van der Waals surface area contributed by atoms with Gasteiger partial charge in [0.15, 0.2) is 23.0 Å². The molecule has 7 heteroatoms. The number of carbonyl (C=O) groups excluding carboxylic acids is 1. The highest BCUT2D eigenvalue weighted by molar-refractivity contribution is 5.92. The molecule has 26 heavy (non-hydrogen) atoms. The fraction of sp³-hybridized carbons (Fsp3) is 0.421. The van der Waals surface area contributed by atoms with Crippen LogP contribution in [0.4, 0.5) is 11.5 Å². The van der Waals surface area contributed by atoms with E-state index in [-0.39, 0.29) is 18.7 Å². The molecule has 2 N–H and O–H groups in total. The molecule has 136 valence electrons. The van der Waals surface area contributed by atoms with Crippen molar-refractivity contribution >= 4 is 17.4 Å². The van der Waals surface area contributed by atoms with E-state index in [9.17, 15) is 4.79 Å². The van der Waals surface area contributed by atoms with Crippen molar-refractivity contribution in [1.82, 2.24) is 15.5 Å². The van der Waals surface area contributed by atoms with E-state index in [4.69, 9.17) is 9.47 Å². The van der Waals surface area contributed by atoms with Crippen LogP contribution in [0, 0.1) is 0 Å². The van der Waals surface area contributed by atoms with Gasteiger partial charge in [-0.1, -0.05) is 25.7 Å². The zero-order chi connectivity index (χ0) is 17.8. The van der Waals surface area contributed by atoms with Gasteiger partial charge in [-0.15, -0.1) is 10.2 Å². The van der Waals surface area contributed by atoms with E-state index < -0.39 is 0 Å². The van der Waals surface area contributed by atoms with Gasteiger partial charge >= 0.3 is 0 Å². The molecule has 1 aliphatic heterocycles. The van der Waals surface area contributed by atoms with Crippen LogP contribution < -0.4 is 20.1 Å². The van der Waals surface area contributed by atoms with Gasteiger partial charge in [0.1, 0.15) is 0 Å². The Labute approximate surface area is 152 Å². The molecule has 7 nitrogen and oxygen atoms in total. The second-order valence-electron chi connectivity index (χ2n) is 6.66. The van der Waals surface area contributed by atoms with Gasteiger partial charge in [0, 0.05) is 17.8 Å². The highest BCUT2D eigenvalue weighted by atomic mass is 16.7.